The molecule has 0 radical (unpaired) electrons. The Bertz CT molecular complexity index is 939. The van der Waals surface area contributed by atoms with E-state index in [0.717, 1.165) is 10.6 Å². The van der Waals surface area contributed by atoms with Gasteiger partial charge in [-0.3, -0.25) is 4.79 Å². The Balaban J connectivity index is 1.76. The number of hydrogen-bond acceptors (Lipinski definition) is 3. The molecule has 1 aromatic heterocycles. The van der Waals surface area contributed by atoms with Gasteiger partial charge in [0.15, 0.2) is 4.80 Å². The third kappa shape index (κ3) is 3.62. The average molecular weight is 357 g/mol. The third-order valence-corrected chi connectivity index (χ3v) is 6.15. The first-order chi connectivity index (χ1) is 11.6. The number of rotatable bonds is 4. The minimum absolute atomic E-state index is 0.0602. The largest absolute Gasteiger partial charge is 0.319 e. The highest BCUT2D eigenvalue weighted by atomic mass is 32.2. The van der Waals surface area contributed by atoms with E-state index in [4.69, 9.17) is 0 Å². The van der Waals surface area contributed by atoms with Gasteiger partial charge in [-0.2, -0.15) is 4.99 Å². The van der Waals surface area contributed by atoms with Gasteiger partial charge in [0.1, 0.15) is 0 Å². The number of aromatic nitrogens is 1. The van der Waals surface area contributed by atoms with Crippen LogP contribution in [0.5, 0.6) is 0 Å². The van der Waals surface area contributed by atoms with E-state index in [2.05, 4.69) is 43.1 Å². The predicted octanol–water partition coefficient (Wildman–Crippen LogP) is 4.47. The van der Waals surface area contributed by atoms with Crippen LogP contribution in [0.2, 0.25) is 0 Å². The normalized spacial score (nSPS) is 12.0. The molecule has 124 valence electrons. The minimum Gasteiger partial charge on any atom is -0.319 e. The summed E-state index contributed by atoms with van der Waals surface area (Å²) < 4.78 is 3.20. The van der Waals surface area contributed by atoms with Crippen molar-refractivity contribution in [3.05, 3.63) is 58.4 Å². The van der Waals surface area contributed by atoms with E-state index in [9.17, 15) is 4.79 Å². The molecule has 0 saturated heterocycles. The predicted molar refractivity (Wildman–Crippen MR) is 103 cm³/mol. The van der Waals surface area contributed by atoms with Gasteiger partial charge >= 0.3 is 0 Å². The molecule has 0 N–H and O–H groups in total. The molecule has 3 rings (SSSR count). The van der Waals surface area contributed by atoms with Crippen molar-refractivity contribution in [3.8, 4) is 0 Å². The first-order valence-corrected chi connectivity index (χ1v) is 9.67. The number of hydrogen-bond donors (Lipinski definition) is 0. The van der Waals surface area contributed by atoms with Gasteiger partial charge in [0.05, 0.1) is 10.2 Å². The lowest BCUT2D eigenvalue weighted by Gasteiger charge is -2.03. The van der Waals surface area contributed by atoms with E-state index in [1.807, 2.05) is 29.8 Å². The highest BCUT2D eigenvalue weighted by Crippen LogP contribution is 2.23. The number of benzene rings is 2. The summed E-state index contributed by atoms with van der Waals surface area (Å²) in [5, 5.41) is 0. The van der Waals surface area contributed by atoms with Crippen LogP contribution in [-0.4, -0.2) is 16.2 Å². The van der Waals surface area contributed by atoms with E-state index in [0.29, 0.717) is 6.42 Å². The molecule has 0 saturated carbocycles. The number of fused-ring (bicyclic) bond motifs is 1. The molecule has 3 aromatic rings. The SMILES string of the molecule is Cc1ccc2sc(=NC(=O)CCSc3ccccc3)n(C)c2c1C. The number of carbonyl (C=O) groups excluding carboxylic acids is 1. The number of carbonyl (C=O) groups is 1. The maximum absolute atomic E-state index is 12.2. The fourth-order valence-electron chi connectivity index (χ4n) is 2.57. The Labute approximate surface area is 150 Å². The standard InChI is InChI=1S/C19H20N2OS2/c1-13-9-10-16-18(14(13)2)21(3)19(24-16)20-17(22)11-12-23-15-7-5-4-6-8-15/h4-10H,11-12H2,1-3H3. The van der Waals surface area contributed by atoms with Crippen LogP contribution >= 0.6 is 23.1 Å². The van der Waals surface area contributed by atoms with Crippen molar-refractivity contribution in [1.29, 1.82) is 0 Å². The van der Waals surface area contributed by atoms with Gasteiger partial charge in [0, 0.05) is 24.1 Å². The van der Waals surface area contributed by atoms with Crippen LogP contribution in [-0.2, 0) is 11.8 Å². The van der Waals surface area contributed by atoms with Gasteiger partial charge in [-0.15, -0.1) is 11.8 Å². The van der Waals surface area contributed by atoms with Crippen molar-refractivity contribution in [3.63, 3.8) is 0 Å². The van der Waals surface area contributed by atoms with Crippen molar-refractivity contribution in [2.75, 3.05) is 5.75 Å². The number of thiazole rings is 1. The van der Waals surface area contributed by atoms with Gasteiger partial charge in [0.2, 0.25) is 5.91 Å². The Hall–Kier alpha value is -1.85. The molecule has 0 spiro atoms. The zero-order valence-corrected chi connectivity index (χ0v) is 15.7. The maximum Gasteiger partial charge on any atom is 0.249 e. The second-order valence-electron chi connectivity index (χ2n) is 5.71. The molecule has 0 aliphatic heterocycles. The first kappa shape index (κ1) is 17.0. The third-order valence-electron chi connectivity index (χ3n) is 4.04. The summed E-state index contributed by atoms with van der Waals surface area (Å²) in [6.07, 6.45) is 0.450. The summed E-state index contributed by atoms with van der Waals surface area (Å²) >= 11 is 3.26. The van der Waals surface area contributed by atoms with Crippen LogP contribution in [0.25, 0.3) is 10.2 Å². The molecule has 1 heterocycles. The molecular weight excluding hydrogens is 336 g/mol. The molecule has 3 nitrogen and oxygen atoms in total. The summed E-state index contributed by atoms with van der Waals surface area (Å²) in [6.45, 7) is 4.22. The monoisotopic (exact) mass is 356 g/mol. The Morgan fingerprint density at radius 1 is 1.17 bits per heavy atom. The lowest BCUT2D eigenvalue weighted by molar-refractivity contribution is -0.117. The zero-order chi connectivity index (χ0) is 17.1. The van der Waals surface area contributed by atoms with Gasteiger partial charge in [-0.25, -0.2) is 0 Å². The number of aryl methyl sites for hydroxylation is 3. The van der Waals surface area contributed by atoms with Gasteiger partial charge in [-0.05, 0) is 43.2 Å². The molecule has 0 aliphatic rings. The van der Waals surface area contributed by atoms with Crippen molar-refractivity contribution in [1.82, 2.24) is 4.57 Å². The Morgan fingerprint density at radius 3 is 2.67 bits per heavy atom. The molecule has 0 bridgehead atoms. The van der Waals surface area contributed by atoms with Crippen LogP contribution in [0, 0.1) is 13.8 Å². The molecular formula is C19H20N2OS2. The van der Waals surface area contributed by atoms with Crippen LogP contribution in [0.15, 0.2) is 52.4 Å². The van der Waals surface area contributed by atoms with E-state index in [-0.39, 0.29) is 5.91 Å². The molecule has 0 aliphatic carbocycles. The highest BCUT2D eigenvalue weighted by molar-refractivity contribution is 7.99. The van der Waals surface area contributed by atoms with Gasteiger partial charge < -0.3 is 4.57 Å². The summed E-state index contributed by atoms with van der Waals surface area (Å²) in [5.41, 5.74) is 3.68. The van der Waals surface area contributed by atoms with Crippen LogP contribution in [0.3, 0.4) is 0 Å². The Kier molecular flexibility index (Phi) is 5.21. The fraction of sp³-hybridized carbons (Fsp3) is 0.263. The van der Waals surface area contributed by atoms with Crippen molar-refractivity contribution >= 4 is 39.2 Å². The summed E-state index contributed by atoms with van der Waals surface area (Å²) in [4.78, 5) is 18.5. The summed E-state index contributed by atoms with van der Waals surface area (Å²) in [5.74, 6) is 0.689. The lowest BCUT2D eigenvalue weighted by Crippen LogP contribution is -2.14. The molecule has 2 aromatic carbocycles. The summed E-state index contributed by atoms with van der Waals surface area (Å²) in [7, 11) is 1.98. The molecule has 24 heavy (non-hydrogen) atoms. The van der Waals surface area contributed by atoms with Gasteiger partial charge in [-0.1, -0.05) is 35.6 Å². The summed E-state index contributed by atoms with van der Waals surface area (Å²) in [6, 6.07) is 14.4. The van der Waals surface area contributed by atoms with E-state index in [1.165, 1.54) is 26.2 Å². The van der Waals surface area contributed by atoms with Crippen LogP contribution < -0.4 is 4.80 Å². The first-order valence-electron chi connectivity index (χ1n) is 7.87. The van der Waals surface area contributed by atoms with E-state index < -0.39 is 0 Å². The van der Waals surface area contributed by atoms with Crippen molar-refractivity contribution in [2.45, 2.75) is 25.2 Å². The fourth-order valence-corrected chi connectivity index (χ4v) is 4.53. The molecule has 0 fully saturated rings. The Morgan fingerprint density at radius 2 is 1.92 bits per heavy atom. The minimum atomic E-state index is -0.0602. The van der Waals surface area contributed by atoms with Crippen molar-refractivity contribution in [2.24, 2.45) is 12.0 Å². The zero-order valence-electron chi connectivity index (χ0n) is 14.1. The second kappa shape index (κ2) is 7.36. The quantitative estimate of drug-likeness (QED) is 0.647. The number of nitrogens with zero attached hydrogens (tertiary/aromatic N) is 2. The van der Waals surface area contributed by atoms with E-state index in [1.54, 1.807) is 23.1 Å². The lowest BCUT2D eigenvalue weighted by atomic mass is 10.1. The van der Waals surface area contributed by atoms with Crippen LogP contribution in [0.1, 0.15) is 17.5 Å². The number of amides is 1. The average Bonchev–Trinajstić information content (AvgIpc) is 2.89. The molecule has 5 heteroatoms. The molecule has 0 atom stereocenters. The van der Waals surface area contributed by atoms with Crippen LogP contribution in [0.4, 0.5) is 0 Å². The van der Waals surface area contributed by atoms with Crippen molar-refractivity contribution < 1.29 is 4.79 Å². The maximum atomic E-state index is 12.2. The van der Waals surface area contributed by atoms with Gasteiger partial charge in [0.25, 0.3) is 0 Å². The highest BCUT2D eigenvalue weighted by Gasteiger charge is 2.09. The topological polar surface area (TPSA) is 34.4 Å². The molecule has 0 unspecified atom stereocenters. The smallest absolute Gasteiger partial charge is 0.249 e. The second-order valence-corrected chi connectivity index (χ2v) is 7.89. The van der Waals surface area contributed by atoms with E-state index >= 15 is 0 Å². The molecule has 1 amide bonds. The number of thioether (sulfide) groups is 1.